The molecule has 1 atom stereocenters. The average molecular weight is 313 g/mol. The van der Waals surface area contributed by atoms with Gasteiger partial charge in [0.05, 0.1) is 0 Å². The largest absolute Gasteiger partial charge is 0.443 e. The van der Waals surface area contributed by atoms with Crippen LogP contribution in [0.25, 0.3) is 0 Å². The molecule has 0 aliphatic rings. The van der Waals surface area contributed by atoms with Crippen molar-refractivity contribution in [3.63, 3.8) is 0 Å². The van der Waals surface area contributed by atoms with Crippen molar-refractivity contribution in [3.8, 4) is 0 Å². The minimum Gasteiger partial charge on any atom is -0.292 e. The highest BCUT2D eigenvalue weighted by molar-refractivity contribution is 9.11. The molecular formula is C10H8BrF3OS. The van der Waals surface area contributed by atoms with Crippen LogP contribution in [0.15, 0.2) is 24.3 Å². The second-order valence-electron chi connectivity index (χ2n) is 3.11. The van der Waals surface area contributed by atoms with Crippen molar-refractivity contribution >= 4 is 33.5 Å². The van der Waals surface area contributed by atoms with Crippen molar-refractivity contribution in [3.05, 3.63) is 35.4 Å². The molecule has 0 bridgehead atoms. The summed E-state index contributed by atoms with van der Waals surface area (Å²) in [5, 5.41) is 0. The molecule has 0 aliphatic heterocycles. The second-order valence-corrected chi connectivity index (χ2v) is 5.80. The van der Waals surface area contributed by atoms with Crippen molar-refractivity contribution in [1.82, 2.24) is 0 Å². The Morgan fingerprint density at radius 1 is 1.31 bits per heavy atom. The van der Waals surface area contributed by atoms with E-state index in [0.717, 1.165) is 5.56 Å². The van der Waals surface area contributed by atoms with Crippen molar-refractivity contribution in [2.75, 3.05) is 0 Å². The number of ketones is 1. The Balaban J connectivity index is 2.74. The van der Waals surface area contributed by atoms with Gasteiger partial charge in [0, 0.05) is 5.56 Å². The van der Waals surface area contributed by atoms with Gasteiger partial charge in [-0.25, -0.2) is 0 Å². The van der Waals surface area contributed by atoms with E-state index >= 15 is 0 Å². The number of alkyl halides is 4. The van der Waals surface area contributed by atoms with Gasteiger partial charge in [-0.05, 0) is 18.7 Å². The highest BCUT2D eigenvalue weighted by Gasteiger charge is 2.35. The first-order chi connectivity index (χ1) is 7.29. The molecule has 0 aliphatic carbocycles. The molecule has 0 aromatic heterocycles. The van der Waals surface area contributed by atoms with Crippen molar-refractivity contribution in [2.24, 2.45) is 0 Å². The summed E-state index contributed by atoms with van der Waals surface area (Å²) in [5.41, 5.74) is -3.20. The molecule has 0 heterocycles. The van der Waals surface area contributed by atoms with Gasteiger partial charge in [0.25, 0.3) is 0 Å². The number of benzene rings is 1. The van der Waals surface area contributed by atoms with E-state index in [9.17, 15) is 18.0 Å². The van der Waals surface area contributed by atoms with Crippen LogP contribution in [0.3, 0.4) is 0 Å². The maximum Gasteiger partial charge on any atom is 0.443 e. The Bertz CT molecular complexity index is 375. The zero-order chi connectivity index (χ0) is 12.3. The number of Topliss-reactive ketones (excluding diaryl/α,β-unsaturated/α-hetero) is 1. The van der Waals surface area contributed by atoms with Crippen LogP contribution in [0.2, 0.25) is 0 Å². The van der Waals surface area contributed by atoms with Gasteiger partial charge in [0.15, 0.2) is 5.78 Å². The van der Waals surface area contributed by atoms with E-state index in [1.807, 2.05) is 6.92 Å². The summed E-state index contributed by atoms with van der Waals surface area (Å²) >= 11 is 2.36. The van der Waals surface area contributed by atoms with Gasteiger partial charge in [-0.3, -0.25) is 4.79 Å². The zero-order valence-electron chi connectivity index (χ0n) is 8.22. The van der Waals surface area contributed by atoms with E-state index in [-0.39, 0.29) is 17.3 Å². The third kappa shape index (κ3) is 4.17. The molecule has 0 saturated heterocycles. The van der Waals surface area contributed by atoms with Gasteiger partial charge in [-0.15, -0.1) is 0 Å². The molecule has 1 unspecified atom stereocenters. The van der Waals surface area contributed by atoms with E-state index in [2.05, 4.69) is 15.9 Å². The molecule has 1 rings (SSSR count). The van der Waals surface area contributed by atoms with E-state index in [0.29, 0.717) is 0 Å². The van der Waals surface area contributed by atoms with Gasteiger partial charge in [0.1, 0.15) is 4.16 Å². The number of halogens is 4. The normalized spacial score (nSPS) is 13.6. The highest BCUT2D eigenvalue weighted by atomic mass is 79.9. The van der Waals surface area contributed by atoms with Crippen molar-refractivity contribution in [2.45, 2.75) is 16.6 Å². The Kier molecular flexibility index (Phi) is 4.43. The smallest absolute Gasteiger partial charge is 0.292 e. The molecule has 0 amide bonds. The van der Waals surface area contributed by atoms with Crippen LogP contribution in [0.4, 0.5) is 13.2 Å². The summed E-state index contributed by atoms with van der Waals surface area (Å²) in [6.07, 6.45) is 0. The lowest BCUT2D eigenvalue weighted by Crippen LogP contribution is -2.16. The van der Waals surface area contributed by atoms with Gasteiger partial charge in [-0.1, -0.05) is 45.8 Å². The first-order valence-corrected chi connectivity index (χ1v) is 6.08. The number of rotatable bonds is 3. The molecule has 0 saturated carbocycles. The molecule has 1 aromatic carbocycles. The minimum atomic E-state index is -4.42. The highest BCUT2D eigenvalue weighted by Crippen LogP contribution is 2.37. The number of aryl methyl sites for hydroxylation is 1. The molecule has 16 heavy (non-hydrogen) atoms. The summed E-state index contributed by atoms with van der Waals surface area (Å²) in [7, 11) is 0. The summed E-state index contributed by atoms with van der Waals surface area (Å²) in [5.74, 6) is -0.581. The predicted molar refractivity (Wildman–Crippen MR) is 61.9 cm³/mol. The number of carbonyl (C=O) groups is 1. The van der Waals surface area contributed by atoms with Gasteiger partial charge in [0.2, 0.25) is 0 Å². The van der Waals surface area contributed by atoms with Crippen molar-refractivity contribution in [1.29, 1.82) is 0 Å². The number of thioether (sulfide) groups is 1. The third-order valence-electron chi connectivity index (χ3n) is 1.78. The van der Waals surface area contributed by atoms with Crippen LogP contribution < -0.4 is 0 Å². The summed E-state index contributed by atoms with van der Waals surface area (Å²) < 4.78 is 34.8. The molecule has 1 aromatic rings. The Morgan fingerprint density at radius 2 is 1.81 bits per heavy atom. The Hall–Kier alpha value is -0.490. The van der Waals surface area contributed by atoms with Crippen LogP contribution in [-0.4, -0.2) is 15.5 Å². The second kappa shape index (κ2) is 5.23. The van der Waals surface area contributed by atoms with Crippen LogP contribution in [0, 0.1) is 6.92 Å². The maximum atomic E-state index is 12.0. The maximum absolute atomic E-state index is 12.0. The lowest BCUT2D eigenvalue weighted by Gasteiger charge is -2.10. The van der Waals surface area contributed by atoms with Gasteiger partial charge < -0.3 is 0 Å². The van der Waals surface area contributed by atoms with E-state index < -0.39 is 15.5 Å². The predicted octanol–water partition coefficient (Wildman–Crippen LogP) is 4.15. The molecule has 6 heteroatoms. The SMILES string of the molecule is Cc1ccc(C(=O)C(Br)SC(F)(F)F)cc1. The summed E-state index contributed by atoms with van der Waals surface area (Å²) in [6, 6.07) is 6.40. The van der Waals surface area contributed by atoms with E-state index in [1.54, 1.807) is 12.1 Å². The Labute approximate surface area is 104 Å². The molecule has 0 radical (unpaired) electrons. The van der Waals surface area contributed by atoms with Crippen LogP contribution in [0.5, 0.6) is 0 Å². The number of carbonyl (C=O) groups excluding carboxylic acids is 1. The van der Waals surface area contributed by atoms with E-state index in [1.165, 1.54) is 12.1 Å². The first kappa shape index (κ1) is 13.6. The molecule has 0 fully saturated rings. The molecule has 88 valence electrons. The van der Waals surface area contributed by atoms with Crippen LogP contribution in [-0.2, 0) is 0 Å². The van der Waals surface area contributed by atoms with Crippen LogP contribution >= 0.6 is 27.7 Å². The first-order valence-electron chi connectivity index (χ1n) is 4.29. The standard InChI is InChI=1S/C10H8BrF3OS/c1-6-2-4-7(5-3-6)8(15)9(11)16-10(12,13)14/h2-5,9H,1H3. The Morgan fingerprint density at radius 3 is 2.25 bits per heavy atom. The van der Waals surface area contributed by atoms with Gasteiger partial charge in [-0.2, -0.15) is 13.2 Å². The monoisotopic (exact) mass is 312 g/mol. The lowest BCUT2D eigenvalue weighted by molar-refractivity contribution is -0.0328. The zero-order valence-corrected chi connectivity index (χ0v) is 10.6. The lowest BCUT2D eigenvalue weighted by atomic mass is 10.1. The fourth-order valence-corrected chi connectivity index (χ4v) is 2.40. The average Bonchev–Trinajstić information content (AvgIpc) is 2.15. The molecule has 0 spiro atoms. The fraction of sp³-hybridized carbons (Fsp3) is 0.300. The molecule has 0 N–H and O–H groups in total. The van der Waals surface area contributed by atoms with Crippen molar-refractivity contribution < 1.29 is 18.0 Å². The fourth-order valence-electron chi connectivity index (χ4n) is 1.02. The van der Waals surface area contributed by atoms with E-state index in [4.69, 9.17) is 0 Å². The third-order valence-corrected chi connectivity index (χ3v) is 3.44. The van der Waals surface area contributed by atoms with Crippen LogP contribution in [0.1, 0.15) is 15.9 Å². The summed E-state index contributed by atoms with van der Waals surface area (Å²) in [6.45, 7) is 1.84. The number of hydrogen-bond donors (Lipinski definition) is 0. The quantitative estimate of drug-likeness (QED) is 0.616. The summed E-state index contributed by atoms with van der Waals surface area (Å²) in [4.78, 5) is 11.6. The minimum absolute atomic E-state index is 0.268. The van der Waals surface area contributed by atoms with Gasteiger partial charge >= 0.3 is 5.51 Å². The molecule has 1 nitrogen and oxygen atoms in total. The molecular weight excluding hydrogens is 305 g/mol. The number of hydrogen-bond acceptors (Lipinski definition) is 2. The topological polar surface area (TPSA) is 17.1 Å².